The van der Waals surface area contributed by atoms with Crippen LogP contribution in [0, 0.1) is 6.92 Å². The van der Waals surface area contributed by atoms with Crippen LogP contribution in [0.15, 0.2) is 194 Å². The zero-order valence-electron chi connectivity index (χ0n) is 30.9. The van der Waals surface area contributed by atoms with Gasteiger partial charge in [0.1, 0.15) is 0 Å². The van der Waals surface area contributed by atoms with E-state index in [2.05, 4.69) is 220 Å². The SMILES string of the molecule is Cc1ccc(-c2ccc(N(c3ccc4c(c3)C(C)(C)c3ccccc3-4)c3ccc4c(c3)C(c3ccccc3)(c3ccccc3)c3ccccc3-4)cc2)cc1. The third-order valence-electron chi connectivity index (χ3n) is 12.0. The molecule has 1 heteroatoms. The predicted molar refractivity (Wildman–Crippen MR) is 226 cm³/mol. The summed E-state index contributed by atoms with van der Waals surface area (Å²) in [6, 6.07) is 72.2. The molecule has 0 radical (unpaired) electrons. The Labute approximate surface area is 318 Å². The van der Waals surface area contributed by atoms with Crippen LogP contribution >= 0.6 is 0 Å². The van der Waals surface area contributed by atoms with Crippen molar-refractivity contribution in [1.82, 2.24) is 0 Å². The van der Waals surface area contributed by atoms with Gasteiger partial charge in [-0.2, -0.15) is 0 Å². The Balaban J connectivity index is 1.21. The van der Waals surface area contributed by atoms with Gasteiger partial charge in [-0.25, -0.2) is 0 Å². The molecule has 10 rings (SSSR count). The Hall–Kier alpha value is -6.44. The van der Waals surface area contributed by atoms with E-state index in [1.165, 1.54) is 72.3 Å². The molecule has 0 saturated carbocycles. The molecule has 0 N–H and O–H groups in total. The molecular formula is C53H41N. The highest BCUT2D eigenvalue weighted by Crippen LogP contribution is 2.57. The lowest BCUT2D eigenvalue weighted by molar-refractivity contribution is 0.660. The maximum Gasteiger partial charge on any atom is 0.0714 e. The van der Waals surface area contributed by atoms with Gasteiger partial charge in [0.25, 0.3) is 0 Å². The van der Waals surface area contributed by atoms with E-state index in [0.29, 0.717) is 0 Å². The molecule has 1 nitrogen and oxygen atoms in total. The van der Waals surface area contributed by atoms with E-state index < -0.39 is 5.41 Å². The first kappa shape index (κ1) is 32.2. The van der Waals surface area contributed by atoms with E-state index in [1.807, 2.05) is 0 Å². The van der Waals surface area contributed by atoms with Crippen LogP contribution in [0.25, 0.3) is 33.4 Å². The van der Waals surface area contributed by atoms with Gasteiger partial charge in [-0.3, -0.25) is 0 Å². The molecule has 8 aromatic rings. The van der Waals surface area contributed by atoms with Crippen LogP contribution in [0.2, 0.25) is 0 Å². The zero-order valence-corrected chi connectivity index (χ0v) is 30.9. The summed E-state index contributed by atoms with van der Waals surface area (Å²) in [7, 11) is 0. The van der Waals surface area contributed by atoms with E-state index in [-0.39, 0.29) is 5.41 Å². The first-order valence-corrected chi connectivity index (χ1v) is 19.0. The second kappa shape index (κ2) is 12.3. The van der Waals surface area contributed by atoms with Crippen LogP contribution in [-0.4, -0.2) is 0 Å². The normalized spacial score (nSPS) is 14.1. The molecule has 0 aliphatic heterocycles. The van der Waals surface area contributed by atoms with Gasteiger partial charge in [-0.05, 0) is 110 Å². The molecule has 2 aliphatic rings. The Morgan fingerprint density at radius 2 is 0.778 bits per heavy atom. The predicted octanol–water partition coefficient (Wildman–Crippen LogP) is 13.8. The van der Waals surface area contributed by atoms with Gasteiger partial charge >= 0.3 is 0 Å². The van der Waals surface area contributed by atoms with Crippen LogP contribution in [0.1, 0.15) is 52.8 Å². The van der Waals surface area contributed by atoms with Gasteiger partial charge in [0.2, 0.25) is 0 Å². The molecule has 0 heterocycles. The number of hydrogen-bond donors (Lipinski definition) is 0. The maximum atomic E-state index is 2.47. The largest absolute Gasteiger partial charge is 0.310 e. The van der Waals surface area contributed by atoms with Crippen molar-refractivity contribution in [2.24, 2.45) is 0 Å². The van der Waals surface area contributed by atoms with E-state index in [1.54, 1.807) is 0 Å². The minimum absolute atomic E-state index is 0.113. The van der Waals surface area contributed by atoms with Gasteiger partial charge < -0.3 is 4.90 Å². The molecule has 0 aromatic heterocycles. The van der Waals surface area contributed by atoms with Crippen molar-refractivity contribution in [2.75, 3.05) is 4.90 Å². The van der Waals surface area contributed by atoms with Gasteiger partial charge in [0.15, 0.2) is 0 Å². The topological polar surface area (TPSA) is 3.24 Å². The van der Waals surface area contributed by atoms with Crippen LogP contribution < -0.4 is 4.90 Å². The first-order chi connectivity index (χ1) is 26.4. The number of aryl methyl sites for hydroxylation is 1. The molecule has 54 heavy (non-hydrogen) atoms. The van der Waals surface area contributed by atoms with Crippen molar-refractivity contribution in [3.63, 3.8) is 0 Å². The quantitative estimate of drug-likeness (QED) is 0.168. The van der Waals surface area contributed by atoms with Gasteiger partial charge in [-0.15, -0.1) is 0 Å². The smallest absolute Gasteiger partial charge is 0.0714 e. The maximum absolute atomic E-state index is 2.47. The molecule has 0 fully saturated rings. The fraction of sp³-hybridized carbons (Fsp3) is 0.0943. The highest BCUT2D eigenvalue weighted by Gasteiger charge is 2.46. The standard InChI is InChI=1S/C53H41N/c1-36-22-24-37(25-23-36)38-26-28-41(29-27-38)54(42-30-32-46-44-18-10-12-20-48(44)52(2,3)50(46)34-42)43-31-33-47-45-19-11-13-21-49(45)53(51(47)35-43,39-14-6-4-7-15-39)40-16-8-5-9-17-40/h4-35H,1-3H3. The summed E-state index contributed by atoms with van der Waals surface area (Å²) in [5.74, 6) is 0. The summed E-state index contributed by atoms with van der Waals surface area (Å²) < 4.78 is 0. The molecule has 0 unspecified atom stereocenters. The lowest BCUT2D eigenvalue weighted by Gasteiger charge is -2.35. The second-order valence-corrected chi connectivity index (χ2v) is 15.4. The lowest BCUT2D eigenvalue weighted by atomic mass is 9.67. The molecule has 0 amide bonds. The summed E-state index contributed by atoms with van der Waals surface area (Å²) in [6.07, 6.45) is 0. The molecule has 0 saturated heterocycles. The lowest BCUT2D eigenvalue weighted by Crippen LogP contribution is -2.28. The zero-order chi connectivity index (χ0) is 36.4. The summed E-state index contributed by atoms with van der Waals surface area (Å²) in [4.78, 5) is 2.46. The number of nitrogens with zero attached hydrogens (tertiary/aromatic N) is 1. The average Bonchev–Trinajstić information content (AvgIpc) is 3.65. The molecule has 2 aliphatic carbocycles. The molecule has 8 aromatic carbocycles. The van der Waals surface area contributed by atoms with E-state index in [4.69, 9.17) is 0 Å². The third kappa shape index (κ3) is 4.78. The molecule has 258 valence electrons. The van der Waals surface area contributed by atoms with Crippen molar-refractivity contribution in [3.8, 4) is 33.4 Å². The highest BCUT2D eigenvalue weighted by molar-refractivity contribution is 5.91. The Morgan fingerprint density at radius 3 is 1.37 bits per heavy atom. The van der Waals surface area contributed by atoms with Crippen molar-refractivity contribution < 1.29 is 0 Å². The van der Waals surface area contributed by atoms with Crippen molar-refractivity contribution in [1.29, 1.82) is 0 Å². The number of rotatable bonds is 6. The van der Waals surface area contributed by atoms with Gasteiger partial charge in [-0.1, -0.05) is 177 Å². The van der Waals surface area contributed by atoms with Crippen molar-refractivity contribution >= 4 is 17.1 Å². The van der Waals surface area contributed by atoms with E-state index >= 15 is 0 Å². The second-order valence-electron chi connectivity index (χ2n) is 15.4. The summed E-state index contributed by atoms with van der Waals surface area (Å²) in [5, 5.41) is 0. The molecular weight excluding hydrogens is 651 g/mol. The van der Waals surface area contributed by atoms with Crippen LogP contribution in [0.4, 0.5) is 17.1 Å². The summed E-state index contributed by atoms with van der Waals surface area (Å²) in [5.41, 5.74) is 19.7. The van der Waals surface area contributed by atoms with Crippen molar-refractivity contribution in [2.45, 2.75) is 31.6 Å². The number of hydrogen-bond acceptors (Lipinski definition) is 1. The fourth-order valence-corrected chi connectivity index (χ4v) is 9.40. The Kier molecular flexibility index (Phi) is 7.35. The first-order valence-electron chi connectivity index (χ1n) is 19.0. The summed E-state index contributed by atoms with van der Waals surface area (Å²) >= 11 is 0. The number of anilines is 3. The van der Waals surface area contributed by atoms with E-state index in [9.17, 15) is 0 Å². The molecule has 0 atom stereocenters. The number of benzene rings is 8. The monoisotopic (exact) mass is 691 g/mol. The van der Waals surface area contributed by atoms with Crippen LogP contribution in [-0.2, 0) is 10.8 Å². The van der Waals surface area contributed by atoms with Crippen LogP contribution in [0.3, 0.4) is 0 Å². The fourth-order valence-electron chi connectivity index (χ4n) is 9.40. The molecule has 0 spiro atoms. The minimum atomic E-state index is -0.479. The van der Waals surface area contributed by atoms with Crippen LogP contribution in [0.5, 0.6) is 0 Å². The summed E-state index contributed by atoms with van der Waals surface area (Å²) in [6.45, 7) is 6.87. The average molecular weight is 692 g/mol. The van der Waals surface area contributed by atoms with E-state index in [0.717, 1.165) is 17.1 Å². The Bertz CT molecular complexity index is 2630. The van der Waals surface area contributed by atoms with Gasteiger partial charge in [0, 0.05) is 22.5 Å². The van der Waals surface area contributed by atoms with Gasteiger partial charge in [0.05, 0.1) is 5.41 Å². The van der Waals surface area contributed by atoms with Crippen molar-refractivity contribution in [3.05, 3.63) is 233 Å². The highest BCUT2D eigenvalue weighted by atomic mass is 15.1. The Morgan fingerprint density at radius 1 is 0.352 bits per heavy atom. The molecule has 0 bridgehead atoms. The third-order valence-corrected chi connectivity index (χ3v) is 12.0. The number of fused-ring (bicyclic) bond motifs is 6. The minimum Gasteiger partial charge on any atom is -0.310 e.